The number of nitrogens with two attached hydrogens (primary N) is 1. The molecule has 0 saturated carbocycles. The highest BCUT2D eigenvalue weighted by atomic mass is 16.5. The predicted molar refractivity (Wildman–Crippen MR) is 54.6 cm³/mol. The van der Waals surface area contributed by atoms with E-state index < -0.39 is 0 Å². The van der Waals surface area contributed by atoms with Crippen molar-refractivity contribution in [1.29, 1.82) is 0 Å². The number of hydrogen-bond acceptors (Lipinski definition) is 2. The van der Waals surface area contributed by atoms with Crippen LogP contribution in [0.15, 0.2) is 36.4 Å². The molecule has 2 heteroatoms. The summed E-state index contributed by atoms with van der Waals surface area (Å²) in [4.78, 5) is 0. The van der Waals surface area contributed by atoms with Crippen molar-refractivity contribution in [3.63, 3.8) is 0 Å². The van der Waals surface area contributed by atoms with E-state index in [2.05, 4.69) is 0 Å². The Morgan fingerprint density at radius 2 is 2.15 bits per heavy atom. The Balaban J connectivity index is 2.64. The first-order chi connectivity index (χ1) is 6.38. The van der Waals surface area contributed by atoms with E-state index in [4.69, 9.17) is 10.5 Å². The zero-order valence-electron chi connectivity index (χ0n) is 7.86. The van der Waals surface area contributed by atoms with Gasteiger partial charge in [0.1, 0.15) is 12.4 Å². The van der Waals surface area contributed by atoms with Gasteiger partial charge in [-0.1, -0.05) is 30.4 Å². The first kappa shape index (κ1) is 9.81. The SMILES string of the molecule is C/C=C/COc1ccccc1CN. The fourth-order valence-electron chi connectivity index (χ4n) is 1.05. The summed E-state index contributed by atoms with van der Waals surface area (Å²) >= 11 is 0. The number of ether oxygens (including phenoxy) is 1. The van der Waals surface area contributed by atoms with Crippen LogP contribution >= 0.6 is 0 Å². The summed E-state index contributed by atoms with van der Waals surface area (Å²) in [7, 11) is 0. The van der Waals surface area contributed by atoms with E-state index in [1.54, 1.807) is 0 Å². The van der Waals surface area contributed by atoms with E-state index in [-0.39, 0.29) is 0 Å². The molecule has 1 aromatic carbocycles. The van der Waals surface area contributed by atoms with Crippen molar-refractivity contribution in [2.45, 2.75) is 13.5 Å². The number of rotatable bonds is 4. The normalized spacial score (nSPS) is 10.6. The molecular formula is C11H15NO. The van der Waals surface area contributed by atoms with Crippen LogP contribution in [0.3, 0.4) is 0 Å². The van der Waals surface area contributed by atoms with E-state index >= 15 is 0 Å². The van der Waals surface area contributed by atoms with Crippen LogP contribution in [0, 0.1) is 0 Å². The van der Waals surface area contributed by atoms with Gasteiger partial charge in [-0.15, -0.1) is 0 Å². The predicted octanol–water partition coefficient (Wildman–Crippen LogP) is 2.10. The summed E-state index contributed by atoms with van der Waals surface area (Å²) in [5.41, 5.74) is 6.61. The van der Waals surface area contributed by atoms with Crippen LogP contribution in [0.4, 0.5) is 0 Å². The van der Waals surface area contributed by atoms with Gasteiger partial charge < -0.3 is 10.5 Å². The summed E-state index contributed by atoms with van der Waals surface area (Å²) in [6.07, 6.45) is 3.93. The number of hydrogen-bond donors (Lipinski definition) is 1. The smallest absolute Gasteiger partial charge is 0.124 e. The fourth-order valence-corrected chi connectivity index (χ4v) is 1.05. The Kier molecular flexibility index (Phi) is 4.06. The van der Waals surface area contributed by atoms with E-state index in [0.717, 1.165) is 11.3 Å². The van der Waals surface area contributed by atoms with Crippen molar-refractivity contribution in [2.24, 2.45) is 5.73 Å². The van der Waals surface area contributed by atoms with Gasteiger partial charge in [0.05, 0.1) is 0 Å². The maximum absolute atomic E-state index is 5.56. The third kappa shape index (κ3) is 2.92. The molecule has 0 aliphatic rings. The van der Waals surface area contributed by atoms with Crippen molar-refractivity contribution in [3.8, 4) is 5.75 Å². The van der Waals surface area contributed by atoms with Crippen molar-refractivity contribution in [2.75, 3.05) is 6.61 Å². The van der Waals surface area contributed by atoms with Crippen molar-refractivity contribution < 1.29 is 4.74 Å². The Morgan fingerprint density at radius 1 is 1.38 bits per heavy atom. The van der Waals surface area contributed by atoms with Crippen LogP contribution in [0.2, 0.25) is 0 Å². The van der Waals surface area contributed by atoms with Gasteiger partial charge in [0, 0.05) is 12.1 Å². The van der Waals surface area contributed by atoms with Crippen molar-refractivity contribution in [3.05, 3.63) is 42.0 Å². The molecule has 0 fully saturated rings. The van der Waals surface area contributed by atoms with Gasteiger partial charge in [-0.25, -0.2) is 0 Å². The molecule has 0 aliphatic heterocycles. The Bertz CT molecular complexity index is 281. The van der Waals surface area contributed by atoms with Crippen LogP contribution < -0.4 is 10.5 Å². The lowest BCUT2D eigenvalue weighted by Crippen LogP contribution is -2.01. The molecule has 13 heavy (non-hydrogen) atoms. The van der Waals surface area contributed by atoms with Gasteiger partial charge in [0.25, 0.3) is 0 Å². The molecule has 0 heterocycles. The van der Waals surface area contributed by atoms with Crippen LogP contribution in [-0.2, 0) is 6.54 Å². The fraction of sp³-hybridized carbons (Fsp3) is 0.273. The molecule has 0 saturated heterocycles. The lowest BCUT2D eigenvalue weighted by atomic mass is 10.2. The highest BCUT2D eigenvalue weighted by Gasteiger charge is 1.98. The first-order valence-electron chi connectivity index (χ1n) is 4.40. The summed E-state index contributed by atoms with van der Waals surface area (Å²) in [6, 6.07) is 7.82. The van der Waals surface area contributed by atoms with Gasteiger partial charge >= 0.3 is 0 Å². The van der Waals surface area contributed by atoms with Gasteiger partial charge in [0.15, 0.2) is 0 Å². The highest BCUT2D eigenvalue weighted by Crippen LogP contribution is 2.16. The monoisotopic (exact) mass is 177 g/mol. The second kappa shape index (κ2) is 5.38. The second-order valence-corrected chi connectivity index (χ2v) is 2.69. The van der Waals surface area contributed by atoms with Gasteiger partial charge in [0.2, 0.25) is 0 Å². The second-order valence-electron chi connectivity index (χ2n) is 2.69. The summed E-state index contributed by atoms with van der Waals surface area (Å²) in [5.74, 6) is 0.878. The molecule has 0 radical (unpaired) electrons. The van der Waals surface area contributed by atoms with Crippen molar-refractivity contribution >= 4 is 0 Å². The van der Waals surface area contributed by atoms with E-state index in [9.17, 15) is 0 Å². The molecule has 1 aromatic rings. The summed E-state index contributed by atoms with van der Waals surface area (Å²) < 4.78 is 5.50. The Labute approximate surface area is 79.0 Å². The molecule has 0 spiro atoms. The standard InChI is InChI=1S/C11H15NO/c1-2-3-8-13-11-7-5-4-6-10(11)9-12/h2-7H,8-9,12H2,1H3/b3-2+. The average molecular weight is 177 g/mol. The molecule has 0 bridgehead atoms. The first-order valence-corrected chi connectivity index (χ1v) is 4.40. The Hall–Kier alpha value is -1.28. The quantitative estimate of drug-likeness (QED) is 0.715. The van der Waals surface area contributed by atoms with E-state index in [0.29, 0.717) is 13.2 Å². The summed E-state index contributed by atoms with van der Waals surface area (Å²) in [5, 5.41) is 0. The van der Waals surface area contributed by atoms with Crippen LogP contribution in [0.25, 0.3) is 0 Å². The molecule has 0 amide bonds. The van der Waals surface area contributed by atoms with Gasteiger partial charge in [-0.05, 0) is 13.0 Å². The molecular weight excluding hydrogens is 162 g/mol. The number of allylic oxidation sites excluding steroid dienone is 1. The lowest BCUT2D eigenvalue weighted by Gasteiger charge is -2.07. The molecule has 0 atom stereocenters. The minimum Gasteiger partial charge on any atom is -0.489 e. The molecule has 0 aromatic heterocycles. The molecule has 0 aliphatic carbocycles. The zero-order chi connectivity index (χ0) is 9.52. The highest BCUT2D eigenvalue weighted by molar-refractivity contribution is 5.33. The van der Waals surface area contributed by atoms with Crippen molar-refractivity contribution in [1.82, 2.24) is 0 Å². The maximum atomic E-state index is 5.56. The minimum absolute atomic E-state index is 0.520. The third-order valence-electron chi connectivity index (χ3n) is 1.76. The number of benzene rings is 1. The van der Waals surface area contributed by atoms with Gasteiger partial charge in [-0.3, -0.25) is 0 Å². The maximum Gasteiger partial charge on any atom is 0.124 e. The minimum atomic E-state index is 0.520. The van der Waals surface area contributed by atoms with Crippen LogP contribution in [0.5, 0.6) is 5.75 Å². The topological polar surface area (TPSA) is 35.2 Å². The molecule has 0 unspecified atom stereocenters. The molecule has 70 valence electrons. The zero-order valence-corrected chi connectivity index (χ0v) is 7.86. The van der Waals surface area contributed by atoms with E-state index in [1.807, 2.05) is 43.3 Å². The lowest BCUT2D eigenvalue weighted by molar-refractivity contribution is 0.359. The number of para-hydroxylation sites is 1. The third-order valence-corrected chi connectivity index (χ3v) is 1.76. The average Bonchev–Trinajstić information content (AvgIpc) is 2.19. The Morgan fingerprint density at radius 3 is 2.85 bits per heavy atom. The molecule has 1 rings (SSSR count). The van der Waals surface area contributed by atoms with Crippen LogP contribution in [0.1, 0.15) is 12.5 Å². The molecule has 2 nitrogen and oxygen atoms in total. The van der Waals surface area contributed by atoms with Crippen LogP contribution in [-0.4, -0.2) is 6.61 Å². The van der Waals surface area contributed by atoms with E-state index in [1.165, 1.54) is 0 Å². The summed E-state index contributed by atoms with van der Waals surface area (Å²) in [6.45, 7) is 3.09. The molecule has 2 N–H and O–H groups in total. The van der Waals surface area contributed by atoms with Gasteiger partial charge in [-0.2, -0.15) is 0 Å². The largest absolute Gasteiger partial charge is 0.489 e.